The molecule has 1 aromatic carbocycles. The van der Waals surface area contributed by atoms with Crippen LogP contribution in [0.25, 0.3) is 5.95 Å². The number of aryl methyl sites for hydroxylation is 1. The van der Waals surface area contributed by atoms with E-state index in [4.69, 9.17) is 21.3 Å². The van der Waals surface area contributed by atoms with Crippen LogP contribution >= 0.6 is 11.6 Å². The number of urea groups is 1. The number of benzene rings is 1. The molecule has 2 unspecified atom stereocenters. The maximum absolute atomic E-state index is 13.9. The van der Waals surface area contributed by atoms with E-state index in [1.165, 1.54) is 6.42 Å². The van der Waals surface area contributed by atoms with Crippen LogP contribution in [0.2, 0.25) is 5.02 Å². The molecule has 1 aliphatic heterocycles. The van der Waals surface area contributed by atoms with Crippen LogP contribution in [-0.4, -0.2) is 75.2 Å². The normalized spacial score (nSPS) is 18.6. The van der Waals surface area contributed by atoms with Gasteiger partial charge in [-0.05, 0) is 44.4 Å². The highest BCUT2D eigenvalue weighted by Crippen LogP contribution is 2.28. The highest BCUT2D eigenvalue weighted by molar-refractivity contribution is 6.32. The molecule has 1 saturated heterocycles. The number of hydrogen-bond acceptors (Lipinski definition) is 7. The molecule has 2 aromatic heterocycles. The second-order valence-electron chi connectivity index (χ2n) is 10.7. The first-order chi connectivity index (χ1) is 19.8. The lowest BCUT2D eigenvalue weighted by Crippen LogP contribution is -2.62. The molecule has 2 atom stereocenters. The number of piperazine rings is 1. The molecule has 1 saturated carbocycles. The van der Waals surface area contributed by atoms with Crippen molar-refractivity contribution in [1.29, 1.82) is 0 Å². The van der Waals surface area contributed by atoms with Gasteiger partial charge in [-0.15, -0.1) is 0 Å². The SMILES string of the molecule is COc1ccc(C(C)NC(=O)C2CN(C(=O)NC3CCCCC3)CCN2c2cc(C)nc(-n3ccnc3)n2)cc1Cl. The van der Waals surface area contributed by atoms with Crippen molar-refractivity contribution in [2.75, 3.05) is 31.6 Å². The fourth-order valence-corrected chi connectivity index (χ4v) is 5.77. The maximum Gasteiger partial charge on any atom is 0.317 e. The van der Waals surface area contributed by atoms with Crippen LogP contribution in [-0.2, 0) is 4.79 Å². The number of methoxy groups -OCH3 is 1. The molecule has 12 heteroatoms. The zero-order valence-electron chi connectivity index (χ0n) is 23.7. The molecule has 3 aromatic rings. The van der Waals surface area contributed by atoms with Gasteiger partial charge in [-0.25, -0.2) is 14.8 Å². The maximum atomic E-state index is 13.9. The minimum atomic E-state index is -0.665. The van der Waals surface area contributed by atoms with Gasteiger partial charge in [0.05, 0.1) is 24.7 Å². The number of aromatic nitrogens is 4. The smallest absolute Gasteiger partial charge is 0.317 e. The lowest BCUT2D eigenvalue weighted by Gasteiger charge is -2.42. The zero-order valence-corrected chi connectivity index (χ0v) is 24.5. The Bertz CT molecular complexity index is 1360. The molecule has 2 aliphatic rings. The van der Waals surface area contributed by atoms with Crippen molar-refractivity contribution in [2.24, 2.45) is 0 Å². The number of amides is 3. The Balaban J connectivity index is 1.39. The van der Waals surface area contributed by atoms with Gasteiger partial charge in [0.25, 0.3) is 0 Å². The summed E-state index contributed by atoms with van der Waals surface area (Å²) in [5.41, 5.74) is 1.61. The van der Waals surface area contributed by atoms with Gasteiger partial charge in [-0.1, -0.05) is 36.9 Å². The number of hydrogen-bond donors (Lipinski definition) is 2. The summed E-state index contributed by atoms with van der Waals surface area (Å²) in [5, 5.41) is 6.80. The van der Waals surface area contributed by atoms with Gasteiger partial charge < -0.3 is 25.2 Å². The first-order valence-corrected chi connectivity index (χ1v) is 14.5. The van der Waals surface area contributed by atoms with Crippen LogP contribution in [0.3, 0.4) is 0 Å². The highest BCUT2D eigenvalue weighted by atomic mass is 35.5. The molecule has 0 spiro atoms. The monoisotopic (exact) mass is 580 g/mol. The van der Waals surface area contributed by atoms with Crippen LogP contribution in [0.4, 0.5) is 10.6 Å². The molecular formula is C29H37ClN8O3. The number of imidazole rings is 1. The molecule has 3 heterocycles. The van der Waals surface area contributed by atoms with Gasteiger partial charge in [0.2, 0.25) is 11.9 Å². The van der Waals surface area contributed by atoms with Crippen molar-refractivity contribution in [3.63, 3.8) is 0 Å². The first kappa shape index (κ1) is 28.7. The third-order valence-electron chi connectivity index (χ3n) is 7.80. The Morgan fingerprint density at radius 1 is 1.12 bits per heavy atom. The Labute approximate surface area is 245 Å². The van der Waals surface area contributed by atoms with Crippen LogP contribution in [0.5, 0.6) is 5.75 Å². The van der Waals surface area contributed by atoms with E-state index in [1.807, 2.05) is 30.9 Å². The average Bonchev–Trinajstić information content (AvgIpc) is 3.52. The van der Waals surface area contributed by atoms with E-state index >= 15 is 0 Å². The quantitative estimate of drug-likeness (QED) is 0.433. The Kier molecular flexibility index (Phi) is 8.92. The number of ether oxygens (including phenoxy) is 1. The molecule has 1 aliphatic carbocycles. The van der Waals surface area contributed by atoms with Crippen molar-refractivity contribution in [2.45, 2.75) is 64.1 Å². The number of nitrogens with zero attached hydrogens (tertiary/aromatic N) is 6. The number of carbonyl (C=O) groups is 2. The van der Waals surface area contributed by atoms with E-state index in [1.54, 1.807) is 47.4 Å². The lowest BCUT2D eigenvalue weighted by atomic mass is 9.96. The standard InChI is InChI=1S/C29H37ClN8O3/c1-19-15-26(35-28(32-19)37-12-11-31-18-37)38-14-13-36(29(40)34-22-7-5-4-6-8-22)17-24(38)27(39)33-20(2)21-9-10-25(41-3)23(30)16-21/h9-12,15-16,18,20,22,24H,4-8,13-14,17H2,1-3H3,(H,33,39)(H,34,40). The van der Waals surface area contributed by atoms with Gasteiger partial charge in [0.15, 0.2) is 0 Å². The average molecular weight is 581 g/mol. The van der Waals surface area contributed by atoms with Crippen molar-refractivity contribution in [3.05, 3.63) is 59.3 Å². The fraction of sp³-hybridized carbons (Fsp3) is 0.483. The first-order valence-electron chi connectivity index (χ1n) is 14.1. The Hall–Kier alpha value is -3.86. The largest absolute Gasteiger partial charge is 0.495 e. The number of carbonyl (C=O) groups excluding carboxylic acids is 2. The highest BCUT2D eigenvalue weighted by Gasteiger charge is 2.36. The van der Waals surface area contributed by atoms with Crippen molar-refractivity contribution >= 4 is 29.4 Å². The minimum absolute atomic E-state index is 0.123. The Morgan fingerprint density at radius 2 is 1.93 bits per heavy atom. The van der Waals surface area contributed by atoms with Crippen LogP contribution in [0, 0.1) is 6.92 Å². The minimum Gasteiger partial charge on any atom is -0.495 e. The molecule has 11 nitrogen and oxygen atoms in total. The van der Waals surface area contributed by atoms with Crippen molar-refractivity contribution < 1.29 is 14.3 Å². The van der Waals surface area contributed by atoms with Crippen LogP contribution in [0.15, 0.2) is 43.0 Å². The van der Waals surface area contributed by atoms with E-state index < -0.39 is 6.04 Å². The van der Waals surface area contributed by atoms with Crippen molar-refractivity contribution in [3.8, 4) is 11.7 Å². The third-order valence-corrected chi connectivity index (χ3v) is 8.09. The molecule has 0 bridgehead atoms. The number of rotatable bonds is 7. The summed E-state index contributed by atoms with van der Waals surface area (Å²) >= 11 is 6.35. The molecule has 5 rings (SSSR count). The lowest BCUT2D eigenvalue weighted by molar-refractivity contribution is -0.123. The molecule has 2 fully saturated rings. The zero-order chi connectivity index (χ0) is 28.9. The van der Waals surface area contributed by atoms with E-state index in [0.717, 1.165) is 36.9 Å². The summed E-state index contributed by atoms with van der Waals surface area (Å²) in [6.07, 6.45) is 10.5. The summed E-state index contributed by atoms with van der Waals surface area (Å²) in [6.45, 7) is 4.94. The van der Waals surface area contributed by atoms with E-state index in [-0.39, 0.29) is 30.6 Å². The van der Waals surface area contributed by atoms with Crippen LogP contribution in [0.1, 0.15) is 56.3 Å². The van der Waals surface area contributed by atoms with Crippen LogP contribution < -0.4 is 20.3 Å². The predicted octanol–water partition coefficient (Wildman–Crippen LogP) is 4.04. The van der Waals surface area contributed by atoms with E-state index in [9.17, 15) is 9.59 Å². The van der Waals surface area contributed by atoms with Gasteiger partial charge >= 0.3 is 6.03 Å². The van der Waals surface area contributed by atoms with Gasteiger partial charge in [-0.2, -0.15) is 4.98 Å². The number of nitrogens with one attached hydrogen (secondary N) is 2. The van der Waals surface area contributed by atoms with Gasteiger partial charge in [0, 0.05) is 43.3 Å². The molecule has 218 valence electrons. The Morgan fingerprint density at radius 3 is 2.63 bits per heavy atom. The van der Waals surface area contributed by atoms with Crippen molar-refractivity contribution in [1.82, 2.24) is 35.1 Å². The van der Waals surface area contributed by atoms with Gasteiger partial charge in [0.1, 0.15) is 23.9 Å². The summed E-state index contributed by atoms with van der Waals surface area (Å²) in [7, 11) is 1.56. The number of anilines is 1. The number of halogens is 1. The second kappa shape index (κ2) is 12.8. The van der Waals surface area contributed by atoms with E-state index in [0.29, 0.717) is 35.6 Å². The summed E-state index contributed by atoms with van der Waals surface area (Å²) < 4.78 is 7.00. The second-order valence-corrected chi connectivity index (χ2v) is 11.1. The third kappa shape index (κ3) is 6.73. The molecule has 3 amide bonds. The predicted molar refractivity (Wildman–Crippen MR) is 157 cm³/mol. The molecule has 2 N–H and O–H groups in total. The summed E-state index contributed by atoms with van der Waals surface area (Å²) in [4.78, 5) is 44.3. The summed E-state index contributed by atoms with van der Waals surface area (Å²) in [6, 6.07) is 6.39. The molecule has 0 radical (unpaired) electrons. The topological polar surface area (TPSA) is 118 Å². The van der Waals surface area contributed by atoms with E-state index in [2.05, 4.69) is 20.6 Å². The molecular weight excluding hydrogens is 544 g/mol. The molecule has 41 heavy (non-hydrogen) atoms. The summed E-state index contributed by atoms with van der Waals surface area (Å²) in [5.74, 6) is 1.45. The fourth-order valence-electron chi connectivity index (χ4n) is 5.50. The van der Waals surface area contributed by atoms with Gasteiger partial charge in [-0.3, -0.25) is 9.36 Å².